The zero-order valence-electron chi connectivity index (χ0n) is 15.7. The zero-order valence-corrected chi connectivity index (χ0v) is 16.5. The average Bonchev–Trinajstić information content (AvgIpc) is 2.61. The Balaban J connectivity index is 2.22. The van der Waals surface area contributed by atoms with Gasteiger partial charge in [-0.25, -0.2) is 8.42 Å². The molecule has 0 aromatic heterocycles. The van der Waals surface area contributed by atoms with E-state index in [0.717, 1.165) is 5.56 Å². The van der Waals surface area contributed by atoms with Gasteiger partial charge in [0, 0.05) is 11.3 Å². The fourth-order valence-corrected chi connectivity index (χ4v) is 3.78. The molecule has 0 aliphatic heterocycles. The Morgan fingerprint density at radius 2 is 1.81 bits per heavy atom. The maximum absolute atomic E-state index is 12.7. The third-order valence-electron chi connectivity index (χ3n) is 3.95. The van der Waals surface area contributed by atoms with E-state index < -0.39 is 22.0 Å². The highest BCUT2D eigenvalue weighted by Crippen LogP contribution is 2.16. The average molecular weight is 385 g/mol. The van der Waals surface area contributed by atoms with E-state index in [9.17, 15) is 13.2 Å². The Morgan fingerprint density at radius 3 is 2.41 bits per heavy atom. The molecule has 0 radical (unpaired) electrons. The van der Waals surface area contributed by atoms with Gasteiger partial charge < -0.3 is 5.32 Å². The Labute approximate surface area is 161 Å². The van der Waals surface area contributed by atoms with Crippen molar-refractivity contribution >= 4 is 21.6 Å². The molecule has 0 saturated heterocycles. The lowest BCUT2D eigenvalue weighted by molar-refractivity contribution is -0.118. The van der Waals surface area contributed by atoms with Crippen LogP contribution >= 0.6 is 0 Å². The largest absolute Gasteiger partial charge is 0.325 e. The van der Waals surface area contributed by atoms with Gasteiger partial charge in [0.2, 0.25) is 15.9 Å². The summed E-state index contributed by atoms with van der Waals surface area (Å²) in [5, 5.41) is 2.74. The van der Waals surface area contributed by atoms with E-state index in [1.165, 1.54) is 12.1 Å². The van der Waals surface area contributed by atoms with Crippen LogP contribution in [0.15, 0.2) is 53.4 Å². The van der Waals surface area contributed by atoms with Crippen molar-refractivity contribution in [3.05, 3.63) is 59.7 Å². The predicted molar refractivity (Wildman–Crippen MR) is 108 cm³/mol. The number of carbonyl (C=O) groups is 1. The summed E-state index contributed by atoms with van der Waals surface area (Å²) in [6.07, 6.45) is 5.75. The molecule has 142 valence electrons. The molecule has 2 rings (SSSR count). The molecule has 2 aromatic carbocycles. The van der Waals surface area contributed by atoms with Crippen LogP contribution in [0.5, 0.6) is 0 Å². The van der Waals surface area contributed by atoms with E-state index >= 15 is 0 Å². The number of rotatable bonds is 7. The minimum Gasteiger partial charge on any atom is -0.325 e. The third kappa shape index (κ3) is 5.95. The minimum absolute atomic E-state index is 0.124. The van der Waals surface area contributed by atoms with Crippen molar-refractivity contribution in [2.75, 3.05) is 5.32 Å². The molecule has 1 unspecified atom stereocenters. The smallest absolute Gasteiger partial charge is 0.242 e. The number of hydrogen-bond acceptors (Lipinski definition) is 3. The number of amides is 1. The highest BCUT2D eigenvalue weighted by molar-refractivity contribution is 7.89. The van der Waals surface area contributed by atoms with Gasteiger partial charge >= 0.3 is 0 Å². The molecule has 0 saturated carbocycles. The third-order valence-corrected chi connectivity index (χ3v) is 5.44. The summed E-state index contributed by atoms with van der Waals surface area (Å²) in [6.45, 7) is 5.74. The summed E-state index contributed by atoms with van der Waals surface area (Å²) < 4.78 is 27.9. The van der Waals surface area contributed by atoms with Crippen molar-refractivity contribution in [3.63, 3.8) is 0 Å². The second-order valence-electron chi connectivity index (χ2n) is 6.83. The standard InChI is InChI=1S/C21H24N2O3S/c1-5-17-7-6-8-18(14-17)22-21(24)20(13-15(2)3)23-27(25,26)19-11-9-16(4)10-12-19/h1,6-12,14-15,20,23H,13H2,2-4H3,(H,22,24). The van der Waals surface area contributed by atoms with Crippen molar-refractivity contribution in [2.24, 2.45) is 5.92 Å². The van der Waals surface area contributed by atoms with Gasteiger partial charge in [-0.1, -0.05) is 43.5 Å². The lowest BCUT2D eigenvalue weighted by Gasteiger charge is -2.20. The minimum atomic E-state index is -3.82. The molecule has 2 N–H and O–H groups in total. The summed E-state index contributed by atoms with van der Waals surface area (Å²) in [5.41, 5.74) is 2.12. The summed E-state index contributed by atoms with van der Waals surface area (Å²) in [4.78, 5) is 12.8. The summed E-state index contributed by atoms with van der Waals surface area (Å²) >= 11 is 0. The normalized spacial score (nSPS) is 12.4. The molecule has 27 heavy (non-hydrogen) atoms. The molecule has 6 heteroatoms. The molecular formula is C21H24N2O3S. The number of sulfonamides is 1. The maximum atomic E-state index is 12.7. The van der Waals surface area contributed by atoms with Crippen molar-refractivity contribution in [2.45, 2.75) is 38.1 Å². The molecule has 0 fully saturated rings. The van der Waals surface area contributed by atoms with Gasteiger partial charge in [-0.15, -0.1) is 6.42 Å². The Morgan fingerprint density at radius 1 is 1.15 bits per heavy atom. The molecule has 0 heterocycles. The lowest BCUT2D eigenvalue weighted by atomic mass is 10.0. The molecule has 2 aromatic rings. The molecule has 0 spiro atoms. The Kier molecular flexibility index (Phi) is 6.78. The summed E-state index contributed by atoms with van der Waals surface area (Å²) in [7, 11) is -3.82. The van der Waals surface area contributed by atoms with E-state index in [1.807, 2.05) is 20.8 Å². The quantitative estimate of drug-likeness (QED) is 0.719. The van der Waals surface area contributed by atoms with Gasteiger partial charge in [0.25, 0.3) is 0 Å². The number of nitrogens with one attached hydrogen (secondary N) is 2. The number of benzene rings is 2. The van der Waals surface area contributed by atoms with E-state index in [2.05, 4.69) is 16.0 Å². The first kappa shape index (κ1) is 20.7. The van der Waals surface area contributed by atoms with Crippen molar-refractivity contribution in [1.82, 2.24) is 4.72 Å². The lowest BCUT2D eigenvalue weighted by Crippen LogP contribution is -2.44. The first-order valence-electron chi connectivity index (χ1n) is 8.68. The Hall–Kier alpha value is -2.62. The van der Waals surface area contributed by atoms with Crippen LogP contribution < -0.4 is 10.0 Å². The van der Waals surface area contributed by atoms with Crippen LogP contribution in [0.2, 0.25) is 0 Å². The molecule has 0 aliphatic carbocycles. The topological polar surface area (TPSA) is 75.3 Å². The van der Waals surface area contributed by atoms with Crippen molar-refractivity contribution in [1.29, 1.82) is 0 Å². The molecular weight excluding hydrogens is 360 g/mol. The van der Waals surface area contributed by atoms with Crippen LogP contribution in [0, 0.1) is 25.2 Å². The van der Waals surface area contributed by atoms with Gasteiger partial charge in [-0.05, 0) is 49.6 Å². The summed E-state index contributed by atoms with van der Waals surface area (Å²) in [6, 6.07) is 12.5. The summed E-state index contributed by atoms with van der Waals surface area (Å²) in [5.74, 6) is 2.20. The first-order valence-corrected chi connectivity index (χ1v) is 10.2. The van der Waals surface area contributed by atoms with E-state index in [0.29, 0.717) is 17.7 Å². The monoisotopic (exact) mass is 384 g/mol. The Bertz CT molecular complexity index is 942. The van der Waals surface area contributed by atoms with Crippen LogP contribution in [0.25, 0.3) is 0 Å². The first-order chi connectivity index (χ1) is 12.7. The van der Waals surface area contributed by atoms with Gasteiger partial charge in [-0.2, -0.15) is 4.72 Å². The number of hydrogen-bond donors (Lipinski definition) is 2. The van der Waals surface area contributed by atoms with Gasteiger partial charge in [0.15, 0.2) is 0 Å². The van der Waals surface area contributed by atoms with Crippen molar-refractivity contribution in [3.8, 4) is 12.3 Å². The number of anilines is 1. The highest BCUT2D eigenvalue weighted by atomic mass is 32.2. The maximum Gasteiger partial charge on any atom is 0.242 e. The van der Waals surface area contributed by atoms with E-state index in [-0.39, 0.29) is 10.8 Å². The molecule has 0 aliphatic rings. The molecule has 5 nitrogen and oxygen atoms in total. The highest BCUT2D eigenvalue weighted by Gasteiger charge is 2.26. The van der Waals surface area contributed by atoms with Crippen LogP contribution in [-0.2, 0) is 14.8 Å². The molecule has 1 amide bonds. The molecule has 1 atom stereocenters. The van der Waals surface area contributed by atoms with Crippen LogP contribution in [0.1, 0.15) is 31.4 Å². The van der Waals surface area contributed by atoms with Crippen LogP contribution in [-0.4, -0.2) is 20.4 Å². The molecule has 0 bridgehead atoms. The number of aryl methyl sites for hydroxylation is 1. The predicted octanol–water partition coefficient (Wildman–Crippen LogP) is 3.31. The number of carbonyl (C=O) groups excluding carboxylic acids is 1. The zero-order chi connectivity index (χ0) is 20.0. The van der Waals surface area contributed by atoms with Crippen molar-refractivity contribution < 1.29 is 13.2 Å². The van der Waals surface area contributed by atoms with E-state index in [4.69, 9.17) is 6.42 Å². The van der Waals surface area contributed by atoms with Gasteiger partial charge in [0.05, 0.1) is 4.90 Å². The van der Waals surface area contributed by atoms with Gasteiger partial charge in [-0.3, -0.25) is 4.79 Å². The van der Waals surface area contributed by atoms with Crippen LogP contribution in [0.4, 0.5) is 5.69 Å². The van der Waals surface area contributed by atoms with E-state index in [1.54, 1.807) is 36.4 Å². The fourth-order valence-electron chi connectivity index (χ4n) is 2.57. The SMILES string of the molecule is C#Cc1cccc(NC(=O)C(CC(C)C)NS(=O)(=O)c2ccc(C)cc2)c1. The second-order valence-corrected chi connectivity index (χ2v) is 8.54. The number of terminal acetylenes is 1. The fraction of sp³-hybridized carbons (Fsp3) is 0.286. The van der Waals surface area contributed by atoms with Crippen LogP contribution in [0.3, 0.4) is 0 Å². The second kappa shape index (κ2) is 8.85. The van der Waals surface area contributed by atoms with Gasteiger partial charge in [0.1, 0.15) is 6.04 Å².